The van der Waals surface area contributed by atoms with Gasteiger partial charge < -0.3 is 4.74 Å². The van der Waals surface area contributed by atoms with Gasteiger partial charge in [-0.15, -0.1) is 11.3 Å². The van der Waals surface area contributed by atoms with E-state index in [-0.39, 0.29) is 5.91 Å². The summed E-state index contributed by atoms with van der Waals surface area (Å²) in [7, 11) is 0. The summed E-state index contributed by atoms with van der Waals surface area (Å²) in [5.74, 6) is 1.35. The molecule has 2 aromatic carbocycles. The van der Waals surface area contributed by atoms with Crippen molar-refractivity contribution in [2.75, 3.05) is 11.9 Å². The maximum absolute atomic E-state index is 12.3. The number of thiazole rings is 1. The highest BCUT2D eigenvalue weighted by atomic mass is 32.1. The number of rotatable bonds is 10. The molecule has 1 unspecified atom stereocenters. The number of nitrogens with zero attached hydrogens (tertiary/aromatic N) is 1. The summed E-state index contributed by atoms with van der Waals surface area (Å²) in [4.78, 5) is 16.8. The van der Waals surface area contributed by atoms with E-state index in [1.54, 1.807) is 12.1 Å². The Labute approximate surface area is 177 Å². The van der Waals surface area contributed by atoms with E-state index < -0.39 is 0 Å². The highest BCUT2D eigenvalue weighted by molar-refractivity contribution is 7.14. The normalized spacial score (nSPS) is 11.8. The number of carbonyl (C=O) groups is 1. The Hall–Kier alpha value is -2.66. The summed E-state index contributed by atoms with van der Waals surface area (Å²) >= 11 is 1.42. The number of nitrogens with one attached hydrogen (secondary N) is 1. The first-order valence-corrected chi connectivity index (χ1v) is 11.1. The van der Waals surface area contributed by atoms with Crippen LogP contribution in [0.15, 0.2) is 60.0 Å². The molecule has 29 heavy (non-hydrogen) atoms. The average Bonchev–Trinajstić information content (AvgIpc) is 3.23. The van der Waals surface area contributed by atoms with E-state index in [1.807, 2.05) is 47.8 Å². The van der Waals surface area contributed by atoms with Crippen molar-refractivity contribution >= 4 is 22.4 Å². The third kappa shape index (κ3) is 6.16. The van der Waals surface area contributed by atoms with E-state index in [9.17, 15) is 4.79 Å². The monoisotopic (exact) mass is 408 g/mol. The molecule has 0 saturated heterocycles. The van der Waals surface area contributed by atoms with Crippen LogP contribution in [-0.4, -0.2) is 17.5 Å². The molecule has 3 rings (SSSR count). The van der Waals surface area contributed by atoms with E-state index in [1.165, 1.54) is 30.6 Å². The van der Waals surface area contributed by atoms with Crippen molar-refractivity contribution in [2.45, 2.75) is 39.5 Å². The minimum atomic E-state index is -0.149. The number of ether oxygens (including phenoxy) is 1. The molecule has 0 aliphatic rings. The summed E-state index contributed by atoms with van der Waals surface area (Å²) in [6, 6.07) is 17.2. The molecule has 4 nitrogen and oxygen atoms in total. The number of amides is 1. The minimum absolute atomic E-state index is 0.149. The van der Waals surface area contributed by atoms with Crippen molar-refractivity contribution in [1.29, 1.82) is 0 Å². The average molecular weight is 409 g/mol. The van der Waals surface area contributed by atoms with E-state index in [2.05, 4.69) is 24.1 Å². The molecule has 1 aromatic heterocycles. The lowest BCUT2D eigenvalue weighted by Gasteiger charge is -2.15. The van der Waals surface area contributed by atoms with Gasteiger partial charge in [0.2, 0.25) is 0 Å². The predicted octanol–water partition coefficient (Wildman–Crippen LogP) is 6.66. The van der Waals surface area contributed by atoms with Crippen LogP contribution in [0, 0.1) is 5.92 Å². The maximum Gasteiger partial charge on any atom is 0.257 e. The zero-order valence-corrected chi connectivity index (χ0v) is 17.9. The zero-order valence-electron chi connectivity index (χ0n) is 17.1. The molecule has 1 heterocycles. The lowest BCUT2D eigenvalue weighted by molar-refractivity contribution is 0.102. The van der Waals surface area contributed by atoms with Gasteiger partial charge in [0.15, 0.2) is 5.13 Å². The van der Waals surface area contributed by atoms with Gasteiger partial charge in [0, 0.05) is 16.5 Å². The molecule has 5 heteroatoms. The fourth-order valence-electron chi connectivity index (χ4n) is 3.06. The smallest absolute Gasteiger partial charge is 0.257 e. The highest BCUT2D eigenvalue weighted by Gasteiger charge is 2.10. The summed E-state index contributed by atoms with van der Waals surface area (Å²) in [6.45, 7) is 5.22. The largest absolute Gasteiger partial charge is 0.493 e. The second-order valence-electron chi connectivity index (χ2n) is 7.11. The van der Waals surface area contributed by atoms with Crippen molar-refractivity contribution in [3.63, 3.8) is 0 Å². The summed E-state index contributed by atoms with van der Waals surface area (Å²) < 4.78 is 5.98. The van der Waals surface area contributed by atoms with Gasteiger partial charge in [-0.25, -0.2) is 4.98 Å². The maximum atomic E-state index is 12.3. The van der Waals surface area contributed by atoms with Gasteiger partial charge in [-0.2, -0.15) is 0 Å². The molecule has 0 aliphatic carbocycles. The molecule has 0 aliphatic heterocycles. The Morgan fingerprint density at radius 2 is 1.86 bits per heavy atom. The van der Waals surface area contributed by atoms with Crippen LogP contribution in [0.4, 0.5) is 5.13 Å². The molecule has 1 N–H and O–H groups in total. The number of benzene rings is 2. The molecule has 0 radical (unpaired) electrons. The predicted molar refractivity (Wildman–Crippen MR) is 121 cm³/mol. The number of hydrogen-bond acceptors (Lipinski definition) is 4. The second-order valence-corrected chi connectivity index (χ2v) is 7.97. The van der Waals surface area contributed by atoms with Crippen LogP contribution >= 0.6 is 11.3 Å². The fourth-order valence-corrected chi connectivity index (χ4v) is 3.77. The van der Waals surface area contributed by atoms with Crippen molar-refractivity contribution < 1.29 is 9.53 Å². The topological polar surface area (TPSA) is 51.2 Å². The van der Waals surface area contributed by atoms with Crippen molar-refractivity contribution in [2.24, 2.45) is 5.92 Å². The highest BCUT2D eigenvalue weighted by Crippen LogP contribution is 2.27. The van der Waals surface area contributed by atoms with E-state index in [0.29, 0.717) is 16.6 Å². The lowest BCUT2D eigenvalue weighted by Crippen LogP contribution is -2.11. The third-order valence-electron chi connectivity index (χ3n) is 4.94. The SMILES string of the molecule is CCCCC(CC)COc1ccc(-c2csc(NC(=O)c3ccccc3)n2)cc1. The summed E-state index contributed by atoms with van der Waals surface area (Å²) in [5, 5.41) is 5.41. The van der Waals surface area contributed by atoms with E-state index in [0.717, 1.165) is 30.0 Å². The molecule has 0 saturated carbocycles. The van der Waals surface area contributed by atoms with Gasteiger partial charge in [-0.1, -0.05) is 51.3 Å². The molecule has 1 amide bonds. The zero-order chi connectivity index (χ0) is 20.5. The number of unbranched alkanes of at least 4 members (excludes halogenated alkanes) is 1. The summed E-state index contributed by atoms with van der Waals surface area (Å²) in [5.41, 5.74) is 2.47. The molecule has 0 spiro atoms. The first-order chi connectivity index (χ1) is 14.2. The van der Waals surface area contributed by atoms with Gasteiger partial charge in [0.25, 0.3) is 5.91 Å². The molecule has 1 atom stereocenters. The van der Waals surface area contributed by atoms with Crippen LogP contribution in [0.1, 0.15) is 49.9 Å². The van der Waals surface area contributed by atoms with Gasteiger partial charge in [-0.3, -0.25) is 10.1 Å². The van der Waals surface area contributed by atoms with Crippen LogP contribution < -0.4 is 10.1 Å². The Bertz CT molecular complexity index is 891. The number of anilines is 1. The Morgan fingerprint density at radius 1 is 1.10 bits per heavy atom. The number of carbonyl (C=O) groups excluding carboxylic acids is 1. The van der Waals surface area contributed by atoms with Crippen LogP contribution in [0.2, 0.25) is 0 Å². The first-order valence-electron chi connectivity index (χ1n) is 10.2. The van der Waals surface area contributed by atoms with Crippen LogP contribution in [0.3, 0.4) is 0 Å². The molecular formula is C24H28N2O2S. The van der Waals surface area contributed by atoms with E-state index >= 15 is 0 Å². The lowest BCUT2D eigenvalue weighted by atomic mass is 10.0. The molecule has 152 valence electrons. The first kappa shape index (κ1) is 21.1. The van der Waals surface area contributed by atoms with E-state index in [4.69, 9.17) is 4.74 Å². The quantitative estimate of drug-likeness (QED) is 0.408. The number of aromatic nitrogens is 1. The fraction of sp³-hybridized carbons (Fsp3) is 0.333. The van der Waals surface area contributed by atoms with Gasteiger partial charge in [0.1, 0.15) is 5.75 Å². The molecular weight excluding hydrogens is 380 g/mol. The van der Waals surface area contributed by atoms with Crippen LogP contribution in [-0.2, 0) is 0 Å². The van der Waals surface area contributed by atoms with Crippen molar-refractivity contribution in [1.82, 2.24) is 4.98 Å². The third-order valence-corrected chi connectivity index (χ3v) is 5.70. The Balaban J connectivity index is 1.57. The summed E-state index contributed by atoms with van der Waals surface area (Å²) in [6.07, 6.45) is 4.86. The Morgan fingerprint density at radius 3 is 2.55 bits per heavy atom. The minimum Gasteiger partial charge on any atom is -0.493 e. The van der Waals surface area contributed by atoms with Crippen LogP contribution in [0.5, 0.6) is 5.75 Å². The Kier molecular flexibility index (Phi) is 7.82. The molecule has 3 aromatic rings. The van der Waals surface area contributed by atoms with Crippen molar-refractivity contribution in [3.05, 3.63) is 65.5 Å². The molecule has 0 fully saturated rings. The van der Waals surface area contributed by atoms with Crippen molar-refractivity contribution in [3.8, 4) is 17.0 Å². The van der Waals surface area contributed by atoms with Gasteiger partial charge in [0.05, 0.1) is 12.3 Å². The van der Waals surface area contributed by atoms with Gasteiger partial charge in [-0.05, 0) is 48.7 Å². The van der Waals surface area contributed by atoms with Crippen LogP contribution in [0.25, 0.3) is 11.3 Å². The molecule has 0 bridgehead atoms. The standard InChI is InChI=1S/C24H28N2O2S/c1-3-5-9-18(4-2)16-28-21-14-12-19(13-15-21)22-17-29-24(25-22)26-23(27)20-10-7-6-8-11-20/h6-8,10-15,17-18H,3-5,9,16H2,1-2H3,(H,25,26,27). The number of hydrogen-bond donors (Lipinski definition) is 1. The van der Waals surface area contributed by atoms with Gasteiger partial charge >= 0.3 is 0 Å². The second kappa shape index (κ2) is 10.8.